The minimum Gasteiger partial charge on any atom is -0.465 e. The smallest absolute Gasteiger partial charge is 0.338 e. The predicted octanol–water partition coefficient (Wildman–Crippen LogP) is 5.12. The van der Waals surface area contributed by atoms with Crippen molar-refractivity contribution in [1.29, 1.82) is 0 Å². The van der Waals surface area contributed by atoms with Crippen LogP contribution >= 0.6 is 0 Å². The first-order chi connectivity index (χ1) is 14.5. The molecule has 0 radical (unpaired) electrons. The van der Waals surface area contributed by atoms with E-state index in [-0.39, 0.29) is 11.8 Å². The number of benzene rings is 2. The van der Waals surface area contributed by atoms with Gasteiger partial charge < -0.3 is 9.30 Å². The third-order valence-corrected chi connectivity index (χ3v) is 5.02. The number of carbonyl (C=O) groups is 1. The fraction of sp³-hybridized carbons (Fsp3) is 0.320. The predicted molar refractivity (Wildman–Crippen MR) is 117 cm³/mol. The molecule has 0 fully saturated rings. The van der Waals surface area contributed by atoms with Crippen molar-refractivity contribution in [1.82, 2.24) is 9.47 Å². The summed E-state index contributed by atoms with van der Waals surface area (Å²) < 4.78 is 20.4. The quantitative estimate of drug-likeness (QED) is 0.461. The van der Waals surface area contributed by atoms with E-state index in [2.05, 4.69) is 35.6 Å². The second-order valence-corrected chi connectivity index (χ2v) is 7.97. The number of halogens is 1. The number of ether oxygens (including phenoxy) is 1. The number of esters is 1. The largest absolute Gasteiger partial charge is 0.465 e. The minimum absolute atomic E-state index is 0.223. The first-order valence-electron chi connectivity index (χ1n) is 10.2. The first kappa shape index (κ1) is 21.8. The van der Waals surface area contributed by atoms with Gasteiger partial charge in [-0.15, -0.1) is 0 Å². The third kappa shape index (κ3) is 5.80. The molecular formula is C25H29FN2O2. The average Bonchev–Trinajstić information content (AvgIpc) is 3.15. The van der Waals surface area contributed by atoms with E-state index in [0.29, 0.717) is 24.6 Å². The van der Waals surface area contributed by atoms with Crippen molar-refractivity contribution in [2.24, 2.45) is 5.92 Å². The van der Waals surface area contributed by atoms with Gasteiger partial charge in [-0.2, -0.15) is 0 Å². The molecule has 3 rings (SSSR count). The van der Waals surface area contributed by atoms with Crippen LogP contribution in [0.3, 0.4) is 0 Å². The molecule has 4 nitrogen and oxygen atoms in total. The van der Waals surface area contributed by atoms with Crippen LogP contribution in [-0.2, 0) is 24.4 Å². The summed E-state index contributed by atoms with van der Waals surface area (Å²) >= 11 is 0. The molecule has 3 aromatic rings. The lowest BCUT2D eigenvalue weighted by Gasteiger charge is -2.26. The highest BCUT2D eigenvalue weighted by atomic mass is 19.1. The molecule has 0 bridgehead atoms. The normalized spacial score (nSPS) is 11.3. The van der Waals surface area contributed by atoms with Gasteiger partial charge in [0.05, 0.1) is 12.7 Å². The van der Waals surface area contributed by atoms with Crippen LogP contribution in [0.1, 0.15) is 41.0 Å². The fourth-order valence-corrected chi connectivity index (χ4v) is 3.67. The Hall–Kier alpha value is -2.92. The number of carbonyl (C=O) groups excluding carboxylic acids is 1. The van der Waals surface area contributed by atoms with Crippen molar-refractivity contribution in [3.8, 4) is 0 Å². The lowest BCUT2D eigenvalue weighted by Crippen LogP contribution is -2.29. The number of methoxy groups -OCH3 is 1. The van der Waals surface area contributed by atoms with E-state index in [1.54, 1.807) is 0 Å². The number of nitrogens with zero attached hydrogens (tertiary/aromatic N) is 2. The van der Waals surface area contributed by atoms with Crippen LogP contribution in [0.4, 0.5) is 4.39 Å². The van der Waals surface area contributed by atoms with Gasteiger partial charge in [0.2, 0.25) is 0 Å². The van der Waals surface area contributed by atoms with Crippen molar-refractivity contribution in [2.75, 3.05) is 13.7 Å². The van der Waals surface area contributed by atoms with Gasteiger partial charge in [-0.3, -0.25) is 4.90 Å². The SMILES string of the molecule is COC(=O)c1ccccc1CN(Cc1cccn1Cc1ccc(F)cc1)CC(C)C. The summed E-state index contributed by atoms with van der Waals surface area (Å²) in [5.74, 6) is -0.0514. The van der Waals surface area contributed by atoms with Crippen molar-refractivity contribution in [2.45, 2.75) is 33.5 Å². The van der Waals surface area contributed by atoms with Crippen LogP contribution in [0.15, 0.2) is 66.9 Å². The van der Waals surface area contributed by atoms with Gasteiger partial charge in [0, 0.05) is 38.1 Å². The summed E-state index contributed by atoms with van der Waals surface area (Å²) in [6.07, 6.45) is 2.05. The molecule has 0 amide bonds. The van der Waals surface area contributed by atoms with Crippen LogP contribution in [-0.4, -0.2) is 29.1 Å². The van der Waals surface area contributed by atoms with Gasteiger partial charge in [-0.25, -0.2) is 9.18 Å². The van der Waals surface area contributed by atoms with Crippen LogP contribution < -0.4 is 0 Å². The maximum atomic E-state index is 13.2. The molecule has 0 saturated heterocycles. The van der Waals surface area contributed by atoms with Crippen molar-refractivity contribution in [3.63, 3.8) is 0 Å². The molecule has 30 heavy (non-hydrogen) atoms. The van der Waals surface area contributed by atoms with Crippen LogP contribution in [0.25, 0.3) is 0 Å². The van der Waals surface area contributed by atoms with Crippen molar-refractivity contribution in [3.05, 3.63) is 95.1 Å². The van der Waals surface area contributed by atoms with Gasteiger partial charge in [-0.1, -0.05) is 44.2 Å². The molecule has 0 aliphatic heterocycles. The number of hydrogen-bond donors (Lipinski definition) is 0. The lowest BCUT2D eigenvalue weighted by molar-refractivity contribution is 0.0598. The van der Waals surface area contributed by atoms with E-state index in [1.807, 2.05) is 42.5 Å². The van der Waals surface area contributed by atoms with Crippen LogP contribution in [0.5, 0.6) is 0 Å². The first-order valence-corrected chi connectivity index (χ1v) is 10.2. The zero-order chi connectivity index (χ0) is 21.5. The number of rotatable bonds is 9. The minimum atomic E-state index is -0.310. The van der Waals surface area contributed by atoms with Gasteiger partial charge in [0.25, 0.3) is 0 Å². The molecule has 0 saturated carbocycles. The molecule has 1 heterocycles. The number of aromatic nitrogens is 1. The molecule has 1 aromatic heterocycles. The highest BCUT2D eigenvalue weighted by Crippen LogP contribution is 2.18. The zero-order valence-electron chi connectivity index (χ0n) is 17.8. The molecule has 0 aliphatic carbocycles. The standard InChI is InChI=1S/C25H29FN2O2/c1-19(2)15-27(17-21-7-4-5-9-24(21)25(29)30-3)18-23-8-6-14-28(23)16-20-10-12-22(26)13-11-20/h4-14,19H,15-18H2,1-3H3. The molecule has 0 unspecified atom stereocenters. The maximum Gasteiger partial charge on any atom is 0.338 e. The molecule has 0 aliphatic rings. The Bertz CT molecular complexity index is 963. The molecular weight excluding hydrogens is 379 g/mol. The highest BCUT2D eigenvalue weighted by Gasteiger charge is 2.16. The fourth-order valence-electron chi connectivity index (χ4n) is 3.67. The summed E-state index contributed by atoms with van der Waals surface area (Å²) in [4.78, 5) is 14.5. The van der Waals surface area contributed by atoms with E-state index in [9.17, 15) is 9.18 Å². The Morgan fingerprint density at radius 1 is 1.03 bits per heavy atom. The zero-order valence-corrected chi connectivity index (χ0v) is 17.8. The van der Waals surface area contributed by atoms with E-state index in [0.717, 1.165) is 24.2 Å². The Labute approximate surface area is 177 Å². The Morgan fingerprint density at radius 3 is 2.47 bits per heavy atom. The molecule has 5 heteroatoms. The lowest BCUT2D eigenvalue weighted by atomic mass is 10.1. The van der Waals surface area contributed by atoms with Gasteiger partial charge in [0.15, 0.2) is 0 Å². The molecule has 158 valence electrons. The van der Waals surface area contributed by atoms with E-state index < -0.39 is 0 Å². The molecule has 0 N–H and O–H groups in total. The van der Waals surface area contributed by atoms with Gasteiger partial charge in [-0.05, 0) is 47.4 Å². The highest BCUT2D eigenvalue weighted by molar-refractivity contribution is 5.90. The average molecular weight is 409 g/mol. The summed E-state index contributed by atoms with van der Waals surface area (Å²) in [6, 6.07) is 18.4. The molecule has 0 spiro atoms. The van der Waals surface area contributed by atoms with E-state index >= 15 is 0 Å². The summed E-state index contributed by atoms with van der Waals surface area (Å²) in [5.41, 5.74) is 3.80. The Morgan fingerprint density at radius 2 is 1.77 bits per heavy atom. The van der Waals surface area contributed by atoms with Crippen molar-refractivity contribution >= 4 is 5.97 Å². The van der Waals surface area contributed by atoms with E-state index in [1.165, 1.54) is 24.9 Å². The topological polar surface area (TPSA) is 34.5 Å². The van der Waals surface area contributed by atoms with Crippen LogP contribution in [0, 0.1) is 11.7 Å². The monoisotopic (exact) mass is 408 g/mol. The maximum absolute atomic E-state index is 13.2. The van der Waals surface area contributed by atoms with Crippen molar-refractivity contribution < 1.29 is 13.9 Å². The third-order valence-electron chi connectivity index (χ3n) is 5.02. The summed E-state index contributed by atoms with van der Waals surface area (Å²) in [5, 5.41) is 0. The van der Waals surface area contributed by atoms with Gasteiger partial charge in [0.1, 0.15) is 5.82 Å². The van der Waals surface area contributed by atoms with Crippen LogP contribution in [0.2, 0.25) is 0 Å². The Kier molecular flexibility index (Phi) is 7.41. The molecule has 0 atom stereocenters. The molecule has 2 aromatic carbocycles. The Balaban J connectivity index is 1.79. The summed E-state index contributed by atoms with van der Waals surface area (Å²) in [7, 11) is 1.41. The summed E-state index contributed by atoms with van der Waals surface area (Å²) in [6.45, 7) is 7.38. The van der Waals surface area contributed by atoms with E-state index in [4.69, 9.17) is 4.74 Å². The van der Waals surface area contributed by atoms with Gasteiger partial charge >= 0.3 is 5.97 Å². The second kappa shape index (κ2) is 10.2. The number of hydrogen-bond acceptors (Lipinski definition) is 3. The second-order valence-electron chi connectivity index (χ2n) is 7.97.